The summed E-state index contributed by atoms with van der Waals surface area (Å²) in [4.78, 5) is 28.7. The van der Waals surface area contributed by atoms with E-state index < -0.39 is 6.04 Å². The zero-order chi connectivity index (χ0) is 20.8. The Labute approximate surface area is 170 Å². The lowest BCUT2D eigenvalue weighted by atomic mass is 9.99. The number of carbonyl (C=O) groups excluding carboxylic acids is 2. The third-order valence-corrected chi connectivity index (χ3v) is 5.07. The summed E-state index contributed by atoms with van der Waals surface area (Å²) in [5.74, 6) is -0.585. The first kappa shape index (κ1) is 20.9. The van der Waals surface area contributed by atoms with E-state index in [1.807, 2.05) is 29.8 Å². The van der Waals surface area contributed by atoms with Crippen LogP contribution in [0.25, 0.3) is 0 Å². The molecular formula is C21H27FN4O3. The van der Waals surface area contributed by atoms with Crippen LogP contribution in [-0.4, -0.2) is 66.2 Å². The van der Waals surface area contributed by atoms with Crippen LogP contribution in [0.4, 0.5) is 9.18 Å². The molecule has 3 amide bonds. The van der Waals surface area contributed by atoms with E-state index in [1.165, 1.54) is 11.0 Å². The van der Waals surface area contributed by atoms with Crippen molar-refractivity contribution in [2.24, 2.45) is 0 Å². The number of hydrogen-bond donors (Lipinski definition) is 1. The van der Waals surface area contributed by atoms with E-state index in [0.29, 0.717) is 38.3 Å². The van der Waals surface area contributed by atoms with Crippen LogP contribution in [0.1, 0.15) is 24.2 Å². The maximum Gasteiger partial charge on any atom is 0.317 e. The van der Waals surface area contributed by atoms with Gasteiger partial charge in [0.1, 0.15) is 18.4 Å². The number of hydrogen-bond acceptors (Lipinski definition) is 3. The lowest BCUT2D eigenvalue weighted by molar-refractivity contribution is -0.134. The molecule has 1 aromatic heterocycles. The van der Waals surface area contributed by atoms with Gasteiger partial charge in [-0.2, -0.15) is 0 Å². The summed E-state index contributed by atoms with van der Waals surface area (Å²) in [7, 11) is 1.55. The molecule has 0 radical (unpaired) electrons. The maximum absolute atomic E-state index is 14.6. The fraction of sp³-hybridized carbons (Fsp3) is 0.429. The van der Waals surface area contributed by atoms with Crippen LogP contribution in [0.3, 0.4) is 0 Å². The molecule has 2 heterocycles. The number of carbonyl (C=O) groups is 2. The first-order valence-corrected chi connectivity index (χ1v) is 9.77. The Balaban J connectivity index is 1.87. The van der Waals surface area contributed by atoms with E-state index in [2.05, 4.69) is 5.32 Å². The second kappa shape index (κ2) is 9.56. The van der Waals surface area contributed by atoms with Gasteiger partial charge in [-0.25, -0.2) is 9.18 Å². The monoisotopic (exact) mass is 402 g/mol. The number of nitrogens with one attached hydrogen (secondary N) is 1. The number of urea groups is 1. The zero-order valence-electron chi connectivity index (χ0n) is 16.8. The number of benzene rings is 1. The van der Waals surface area contributed by atoms with Crippen LogP contribution in [0.15, 0.2) is 42.6 Å². The van der Waals surface area contributed by atoms with Crippen molar-refractivity contribution in [3.05, 3.63) is 59.7 Å². The van der Waals surface area contributed by atoms with Crippen molar-refractivity contribution in [1.29, 1.82) is 0 Å². The molecule has 1 unspecified atom stereocenters. The molecule has 1 aliphatic rings. The van der Waals surface area contributed by atoms with Crippen LogP contribution in [0.5, 0.6) is 0 Å². The van der Waals surface area contributed by atoms with Crippen molar-refractivity contribution in [2.75, 3.05) is 39.9 Å². The van der Waals surface area contributed by atoms with Gasteiger partial charge in [0.15, 0.2) is 0 Å². The highest BCUT2D eigenvalue weighted by atomic mass is 19.1. The molecule has 156 valence electrons. The van der Waals surface area contributed by atoms with E-state index in [-0.39, 0.29) is 24.3 Å². The summed E-state index contributed by atoms with van der Waals surface area (Å²) in [6.07, 6.45) is 1.94. The first-order chi connectivity index (χ1) is 14.1. The standard InChI is InChI=1S/C21H27FN4O3/c1-3-23-21(28)25(13-14-29-2)15-19(27)26-12-11-24-10-6-9-18(24)20(26)16-7-4-5-8-17(16)22/h4-10,20H,3,11-15H2,1-2H3,(H,23,28). The van der Waals surface area contributed by atoms with Crippen LogP contribution >= 0.6 is 0 Å². The second-order valence-corrected chi connectivity index (χ2v) is 6.89. The summed E-state index contributed by atoms with van der Waals surface area (Å²) >= 11 is 0. The van der Waals surface area contributed by atoms with E-state index in [4.69, 9.17) is 4.74 Å². The summed E-state index contributed by atoms with van der Waals surface area (Å²) in [6.45, 7) is 3.87. The van der Waals surface area contributed by atoms with E-state index in [9.17, 15) is 14.0 Å². The second-order valence-electron chi connectivity index (χ2n) is 6.89. The Morgan fingerprint density at radius 3 is 2.76 bits per heavy atom. The minimum atomic E-state index is -0.536. The van der Waals surface area contributed by atoms with E-state index in [0.717, 1.165) is 5.69 Å². The van der Waals surface area contributed by atoms with Crippen LogP contribution in [-0.2, 0) is 16.1 Å². The summed E-state index contributed by atoms with van der Waals surface area (Å²) in [5.41, 5.74) is 1.30. The van der Waals surface area contributed by atoms with Gasteiger partial charge < -0.3 is 24.4 Å². The van der Waals surface area contributed by atoms with Crippen LogP contribution < -0.4 is 5.32 Å². The number of rotatable bonds is 7. The fourth-order valence-corrected chi connectivity index (χ4v) is 3.65. The van der Waals surface area contributed by atoms with Gasteiger partial charge in [0.2, 0.25) is 5.91 Å². The first-order valence-electron chi connectivity index (χ1n) is 9.77. The molecule has 2 aromatic rings. The Kier molecular flexibility index (Phi) is 6.87. The number of fused-ring (bicyclic) bond motifs is 1. The summed E-state index contributed by atoms with van der Waals surface area (Å²) in [6, 6.07) is 9.46. The van der Waals surface area contributed by atoms with E-state index in [1.54, 1.807) is 30.2 Å². The Morgan fingerprint density at radius 2 is 2.03 bits per heavy atom. The highest BCUT2D eigenvalue weighted by Gasteiger charge is 2.34. The highest BCUT2D eigenvalue weighted by molar-refractivity contribution is 5.84. The van der Waals surface area contributed by atoms with Crippen molar-refractivity contribution in [2.45, 2.75) is 19.5 Å². The quantitative estimate of drug-likeness (QED) is 0.772. The number of methoxy groups -OCH3 is 1. The van der Waals surface area contributed by atoms with Gasteiger partial charge in [-0.05, 0) is 25.1 Å². The maximum atomic E-state index is 14.6. The van der Waals surface area contributed by atoms with Crippen molar-refractivity contribution < 1.29 is 18.7 Å². The molecule has 0 fully saturated rings. The molecular weight excluding hydrogens is 375 g/mol. The topological polar surface area (TPSA) is 66.8 Å². The number of nitrogens with zero attached hydrogens (tertiary/aromatic N) is 3. The summed E-state index contributed by atoms with van der Waals surface area (Å²) in [5, 5.41) is 2.72. The molecule has 1 atom stereocenters. The van der Waals surface area contributed by atoms with Crippen molar-refractivity contribution in [1.82, 2.24) is 19.7 Å². The average Bonchev–Trinajstić information content (AvgIpc) is 3.20. The Bertz CT molecular complexity index is 854. The molecule has 1 aliphatic heterocycles. The highest BCUT2D eigenvalue weighted by Crippen LogP contribution is 2.33. The SMILES string of the molecule is CCNC(=O)N(CCOC)CC(=O)N1CCn2cccc2C1c1ccccc1F. The average molecular weight is 402 g/mol. The van der Waals surface area contributed by atoms with Gasteiger partial charge in [-0.1, -0.05) is 18.2 Å². The molecule has 3 rings (SSSR count). The van der Waals surface area contributed by atoms with Gasteiger partial charge in [-0.15, -0.1) is 0 Å². The molecule has 0 aliphatic carbocycles. The molecule has 0 spiro atoms. The fourth-order valence-electron chi connectivity index (χ4n) is 3.65. The van der Waals surface area contributed by atoms with Crippen LogP contribution in [0, 0.1) is 5.82 Å². The number of ether oxygens (including phenoxy) is 1. The number of amides is 3. The Morgan fingerprint density at radius 1 is 1.24 bits per heavy atom. The third-order valence-electron chi connectivity index (χ3n) is 5.07. The van der Waals surface area contributed by atoms with Crippen molar-refractivity contribution in [3.63, 3.8) is 0 Å². The minimum Gasteiger partial charge on any atom is -0.383 e. The molecule has 0 bridgehead atoms. The third kappa shape index (κ3) is 4.59. The smallest absolute Gasteiger partial charge is 0.317 e. The van der Waals surface area contributed by atoms with Gasteiger partial charge in [0.05, 0.1) is 6.61 Å². The van der Waals surface area contributed by atoms with Crippen LogP contribution in [0.2, 0.25) is 0 Å². The molecule has 1 N–H and O–H groups in total. The zero-order valence-corrected chi connectivity index (χ0v) is 16.8. The lowest BCUT2D eigenvalue weighted by Gasteiger charge is -2.38. The number of halogens is 1. The summed E-state index contributed by atoms with van der Waals surface area (Å²) < 4.78 is 21.7. The van der Waals surface area contributed by atoms with Gasteiger partial charge in [-0.3, -0.25) is 4.79 Å². The van der Waals surface area contributed by atoms with Crippen molar-refractivity contribution >= 4 is 11.9 Å². The molecule has 7 nitrogen and oxygen atoms in total. The normalized spacial score (nSPS) is 15.7. The molecule has 8 heteroatoms. The van der Waals surface area contributed by atoms with Gasteiger partial charge >= 0.3 is 6.03 Å². The predicted molar refractivity (Wildman–Crippen MR) is 107 cm³/mol. The lowest BCUT2D eigenvalue weighted by Crippen LogP contribution is -2.50. The van der Waals surface area contributed by atoms with E-state index >= 15 is 0 Å². The molecule has 0 saturated heterocycles. The van der Waals surface area contributed by atoms with Crippen molar-refractivity contribution in [3.8, 4) is 0 Å². The number of aromatic nitrogens is 1. The predicted octanol–water partition coefficient (Wildman–Crippen LogP) is 2.24. The molecule has 1 aromatic carbocycles. The van der Waals surface area contributed by atoms with Gasteiger partial charge in [0, 0.05) is 50.7 Å². The Hall–Kier alpha value is -2.87. The molecule has 29 heavy (non-hydrogen) atoms. The van der Waals surface area contributed by atoms with Gasteiger partial charge in [0.25, 0.3) is 0 Å². The largest absolute Gasteiger partial charge is 0.383 e. The molecule has 0 saturated carbocycles. The minimum absolute atomic E-state index is 0.0964.